The molecule has 216 valence electrons. The molecule has 0 amide bonds. The predicted octanol–water partition coefficient (Wildman–Crippen LogP) is -3.54. The first kappa shape index (κ1) is 36.2. The SMILES string of the molecule is Cc1cc(Nc2ccc3nc(=O)c(=C(O)c4ccccc4)c4c5ccccc5c(=O)c2c3=4)[c-]cc1S(=O)(=O)[O-].O=S(=O)=O.[Na+].[Na+]. The first-order valence-electron chi connectivity index (χ1n) is 12.3. The quantitative estimate of drug-likeness (QED) is 0.108. The van der Waals surface area contributed by atoms with E-state index in [-0.39, 0.29) is 96.9 Å². The summed E-state index contributed by atoms with van der Waals surface area (Å²) >= 11 is 0. The smallest absolute Gasteiger partial charge is 0.754 e. The topological polar surface area (TPSA) is 188 Å². The van der Waals surface area contributed by atoms with Gasteiger partial charge in [-0.3, -0.25) is 18.0 Å². The van der Waals surface area contributed by atoms with Gasteiger partial charge < -0.3 is 15.0 Å². The van der Waals surface area contributed by atoms with Gasteiger partial charge in [0.05, 0.1) is 26.2 Å². The summed E-state index contributed by atoms with van der Waals surface area (Å²) in [5.41, 5.74) is 0.686. The molecule has 1 aliphatic heterocycles. The molecule has 0 radical (unpaired) electrons. The van der Waals surface area contributed by atoms with Gasteiger partial charge in [-0.1, -0.05) is 72.1 Å². The van der Waals surface area contributed by atoms with Crippen molar-refractivity contribution < 1.29 is 89.8 Å². The van der Waals surface area contributed by atoms with E-state index in [0.29, 0.717) is 38.1 Å². The zero-order valence-electron chi connectivity index (χ0n) is 24.0. The molecule has 4 aromatic carbocycles. The molecule has 0 atom stereocenters. The standard InChI is InChI=1S/C30H19N2O6S.2Na.O3S/c1-16-15-18(11-14-23(16)39(36,37)38)31-22-13-12-21-25-24(19-9-5-6-10-20(19)29(34)26(22)25)27(30(35)32-21)28(33)17-7-3-2-4-8-17;;;1-4(2)3/h2-10,12-15,31,33H,1H3,(H,36,37,38);;;/q-1;2*+1;/p-1. The van der Waals surface area contributed by atoms with Gasteiger partial charge in [0.2, 0.25) is 0 Å². The van der Waals surface area contributed by atoms with Crippen LogP contribution in [0.4, 0.5) is 11.4 Å². The summed E-state index contributed by atoms with van der Waals surface area (Å²) in [5, 5.41) is 16.2. The zero-order chi connectivity index (χ0) is 31.1. The fraction of sp³-hybridized carbons (Fsp3) is 0.0333. The summed E-state index contributed by atoms with van der Waals surface area (Å²) in [5.74, 6) is -0.253. The third-order valence-corrected chi connectivity index (χ3v) is 7.70. The Hall–Kier alpha value is -3.24. The van der Waals surface area contributed by atoms with Crippen LogP contribution in [0.25, 0.3) is 27.4 Å². The molecule has 1 heterocycles. The van der Waals surface area contributed by atoms with Gasteiger partial charge in [0.15, 0.2) is 5.43 Å². The molecule has 6 rings (SSSR count). The van der Waals surface area contributed by atoms with Crippen molar-refractivity contribution in [2.45, 2.75) is 11.8 Å². The van der Waals surface area contributed by atoms with Crippen molar-refractivity contribution in [2.24, 2.45) is 0 Å². The Kier molecular flexibility index (Phi) is 11.6. The van der Waals surface area contributed by atoms with Crippen LogP contribution in [0.15, 0.2) is 93.3 Å². The number of anilines is 2. The van der Waals surface area contributed by atoms with Crippen LogP contribution in [-0.4, -0.2) is 35.7 Å². The average Bonchev–Trinajstić information content (AvgIpc) is 2.95. The summed E-state index contributed by atoms with van der Waals surface area (Å²) in [4.78, 5) is 31.0. The molecule has 0 saturated carbocycles. The Morgan fingerprint density at radius 3 is 2.11 bits per heavy atom. The van der Waals surface area contributed by atoms with Crippen molar-refractivity contribution >= 4 is 59.5 Å². The normalized spacial score (nSPS) is 11.6. The van der Waals surface area contributed by atoms with E-state index >= 15 is 0 Å². The maximum absolute atomic E-state index is 13.8. The summed E-state index contributed by atoms with van der Waals surface area (Å²) in [6.07, 6.45) is 0. The molecular weight excluding hydrogens is 642 g/mol. The number of aryl methyl sites for hydroxylation is 1. The van der Waals surface area contributed by atoms with E-state index in [4.69, 9.17) is 12.6 Å². The van der Waals surface area contributed by atoms with Crippen LogP contribution >= 0.6 is 0 Å². The largest absolute Gasteiger partial charge is 1.00 e. The molecule has 45 heavy (non-hydrogen) atoms. The summed E-state index contributed by atoms with van der Waals surface area (Å²) in [7, 11) is -7.78. The van der Waals surface area contributed by atoms with Crippen molar-refractivity contribution in [3.05, 3.63) is 132 Å². The second-order valence-electron chi connectivity index (χ2n) is 9.32. The molecule has 2 aliphatic rings. The Labute approximate surface area is 301 Å². The van der Waals surface area contributed by atoms with Gasteiger partial charge in [0, 0.05) is 27.1 Å². The van der Waals surface area contributed by atoms with E-state index in [1.165, 1.54) is 13.0 Å². The van der Waals surface area contributed by atoms with Crippen molar-refractivity contribution in [1.29, 1.82) is 0 Å². The molecule has 0 unspecified atom stereocenters. The predicted molar refractivity (Wildman–Crippen MR) is 156 cm³/mol. The van der Waals surface area contributed by atoms with Crippen LogP contribution in [0.5, 0.6) is 0 Å². The van der Waals surface area contributed by atoms with Gasteiger partial charge in [-0.2, -0.15) is 12.1 Å². The number of nitrogens with one attached hydrogen (secondary N) is 1. The second kappa shape index (κ2) is 14.5. The van der Waals surface area contributed by atoms with E-state index in [0.717, 1.165) is 6.07 Å². The van der Waals surface area contributed by atoms with E-state index in [9.17, 15) is 27.7 Å². The van der Waals surface area contributed by atoms with Crippen LogP contribution in [0.1, 0.15) is 11.1 Å². The van der Waals surface area contributed by atoms with Gasteiger partial charge in [-0.25, -0.2) is 4.98 Å². The second-order valence-corrected chi connectivity index (χ2v) is 11.1. The van der Waals surface area contributed by atoms with E-state index in [2.05, 4.69) is 16.4 Å². The van der Waals surface area contributed by atoms with Crippen LogP contribution < -0.4 is 80.6 Å². The van der Waals surface area contributed by atoms with Gasteiger partial charge >= 0.3 is 69.7 Å². The number of nitrogens with zero attached hydrogens (tertiary/aromatic N) is 1. The molecule has 11 nitrogen and oxygen atoms in total. The first-order valence-corrected chi connectivity index (χ1v) is 14.7. The summed E-state index contributed by atoms with van der Waals surface area (Å²) in [6.45, 7) is 1.49. The Morgan fingerprint density at radius 1 is 0.911 bits per heavy atom. The fourth-order valence-corrected chi connectivity index (χ4v) is 5.67. The van der Waals surface area contributed by atoms with Crippen LogP contribution in [-0.2, 0) is 20.7 Å². The summed E-state index contributed by atoms with van der Waals surface area (Å²) in [6, 6.07) is 23.9. The number of rotatable bonds is 4. The van der Waals surface area contributed by atoms with Gasteiger partial charge in [-0.05, 0) is 17.5 Å². The van der Waals surface area contributed by atoms with E-state index in [1.807, 2.05) is 0 Å². The molecule has 1 aliphatic carbocycles. The molecule has 0 fully saturated rings. The number of benzene rings is 4. The average molecular weight is 661 g/mol. The Balaban J connectivity index is 0.000000870. The van der Waals surface area contributed by atoms with Crippen LogP contribution in [0, 0.1) is 23.4 Å². The van der Waals surface area contributed by atoms with E-state index < -0.39 is 26.3 Å². The van der Waals surface area contributed by atoms with E-state index in [1.54, 1.807) is 66.7 Å². The molecule has 2 N–H and O–H groups in total. The van der Waals surface area contributed by atoms with Gasteiger partial charge in [-0.15, -0.1) is 24.3 Å². The Bertz CT molecular complexity index is 2530. The van der Waals surface area contributed by atoms with Crippen molar-refractivity contribution in [3.63, 3.8) is 0 Å². The maximum atomic E-state index is 13.8. The number of fused-ring (bicyclic) bond motifs is 2. The molecule has 15 heteroatoms. The van der Waals surface area contributed by atoms with Crippen LogP contribution in [0.3, 0.4) is 0 Å². The van der Waals surface area contributed by atoms with Crippen LogP contribution in [0.2, 0.25) is 0 Å². The minimum atomic E-state index is -4.67. The molecule has 0 spiro atoms. The number of hydrogen-bond acceptors (Lipinski definition) is 11. The van der Waals surface area contributed by atoms with Crippen molar-refractivity contribution in [3.8, 4) is 0 Å². The zero-order valence-corrected chi connectivity index (χ0v) is 29.6. The molecular formula is C30H18N2Na2O9S2. The van der Waals surface area contributed by atoms with Crippen molar-refractivity contribution in [2.75, 3.05) is 5.32 Å². The number of aliphatic hydroxyl groups is 1. The number of aromatic nitrogens is 1. The molecule has 0 saturated heterocycles. The third-order valence-electron chi connectivity index (χ3n) is 6.72. The van der Waals surface area contributed by atoms with Crippen molar-refractivity contribution in [1.82, 2.24) is 4.98 Å². The first-order chi connectivity index (χ1) is 20.4. The summed E-state index contributed by atoms with van der Waals surface area (Å²) < 4.78 is 59.8. The minimum Gasteiger partial charge on any atom is -0.754 e. The molecule has 0 bridgehead atoms. The molecule has 4 aromatic rings. The number of aliphatic hydroxyl groups excluding tert-OH is 1. The minimum absolute atomic E-state index is 0. The monoisotopic (exact) mass is 660 g/mol. The fourth-order valence-electron chi connectivity index (χ4n) is 5.01. The van der Waals surface area contributed by atoms with Gasteiger partial charge in [0.1, 0.15) is 5.76 Å². The van der Waals surface area contributed by atoms with Gasteiger partial charge in [0.25, 0.3) is 5.56 Å². The Morgan fingerprint density at radius 2 is 1.51 bits per heavy atom. The number of hydrogen-bond donors (Lipinski definition) is 2. The molecule has 0 aromatic heterocycles. The third kappa shape index (κ3) is 7.27. The maximum Gasteiger partial charge on any atom is 1.00 e.